The van der Waals surface area contributed by atoms with Gasteiger partial charge in [-0.25, -0.2) is 9.69 Å². The van der Waals surface area contributed by atoms with Gasteiger partial charge in [0.15, 0.2) is 0 Å². The van der Waals surface area contributed by atoms with E-state index in [0.29, 0.717) is 10.5 Å². The molecule has 1 aromatic carbocycles. The first-order valence-electron chi connectivity index (χ1n) is 5.30. The monoisotopic (exact) mass is 249 g/mol. The van der Waals surface area contributed by atoms with Crippen LogP contribution >= 0.6 is 0 Å². The lowest BCUT2D eigenvalue weighted by atomic mass is 9.91. The van der Waals surface area contributed by atoms with Crippen molar-refractivity contribution in [2.24, 2.45) is 0 Å². The van der Waals surface area contributed by atoms with Crippen LogP contribution in [0.1, 0.15) is 18.5 Å². The first-order chi connectivity index (χ1) is 8.52. The van der Waals surface area contributed by atoms with E-state index in [1.54, 1.807) is 30.3 Å². The maximum Gasteiger partial charge on any atom is 0.414 e. The van der Waals surface area contributed by atoms with Crippen LogP contribution in [0.5, 0.6) is 0 Å². The Hall–Kier alpha value is -2.37. The second kappa shape index (κ2) is 4.48. The molecule has 0 bridgehead atoms. The molecule has 2 atom stereocenters. The highest BCUT2D eigenvalue weighted by Gasteiger charge is 2.54. The van der Waals surface area contributed by atoms with E-state index < -0.39 is 30.1 Å². The topological polar surface area (TPSA) is 83.9 Å². The average Bonchev–Trinajstić information content (AvgIpc) is 2.32. The van der Waals surface area contributed by atoms with Crippen LogP contribution in [0.3, 0.4) is 0 Å². The number of benzene rings is 1. The molecule has 1 heterocycles. The molecule has 0 aromatic heterocycles. The molecule has 18 heavy (non-hydrogen) atoms. The van der Waals surface area contributed by atoms with Gasteiger partial charge in [-0.1, -0.05) is 30.3 Å². The van der Waals surface area contributed by atoms with Crippen LogP contribution in [0.4, 0.5) is 4.79 Å². The molecule has 6 heteroatoms. The first kappa shape index (κ1) is 12.1. The zero-order valence-electron chi connectivity index (χ0n) is 9.57. The molecule has 1 saturated heterocycles. The quantitative estimate of drug-likeness (QED) is 0.628. The Morgan fingerprint density at radius 3 is 2.39 bits per heavy atom. The van der Waals surface area contributed by atoms with Crippen LogP contribution in [-0.4, -0.2) is 34.1 Å². The predicted octanol–water partition coefficient (Wildman–Crippen LogP) is 1.18. The molecule has 0 spiro atoms. The van der Waals surface area contributed by atoms with Crippen LogP contribution in [0.15, 0.2) is 30.3 Å². The highest BCUT2D eigenvalue weighted by molar-refractivity contribution is 6.01. The number of esters is 1. The summed E-state index contributed by atoms with van der Waals surface area (Å²) in [5, 5.41) is 8.95. The van der Waals surface area contributed by atoms with Gasteiger partial charge in [-0.15, -0.1) is 0 Å². The molecule has 0 radical (unpaired) electrons. The van der Waals surface area contributed by atoms with Gasteiger partial charge in [0.1, 0.15) is 6.04 Å². The van der Waals surface area contributed by atoms with Crippen LogP contribution in [-0.2, 0) is 14.3 Å². The molecule has 0 aliphatic carbocycles. The number of ether oxygens (including phenoxy) is 1. The third-order valence-corrected chi connectivity index (χ3v) is 2.69. The lowest BCUT2D eigenvalue weighted by molar-refractivity contribution is -0.178. The van der Waals surface area contributed by atoms with Gasteiger partial charge in [0.05, 0.1) is 0 Å². The summed E-state index contributed by atoms with van der Waals surface area (Å²) < 4.78 is 4.85. The minimum atomic E-state index is -1.35. The number of hydrogen-bond donors (Lipinski definition) is 1. The molecule has 1 aromatic rings. The van der Waals surface area contributed by atoms with E-state index >= 15 is 0 Å². The Morgan fingerprint density at radius 2 is 1.89 bits per heavy atom. The van der Waals surface area contributed by atoms with E-state index in [2.05, 4.69) is 0 Å². The van der Waals surface area contributed by atoms with Gasteiger partial charge < -0.3 is 9.84 Å². The van der Waals surface area contributed by atoms with Crippen molar-refractivity contribution in [3.8, 4) is 0 Å². The third kappa shape index (κ3) is 1.92. The molecule has 2 rings (SSSR count). The molecular formula is C12H11NO5. The van der Waals surface area contributed by atoms with E-state index in [-0.39, 0.29) is 0 Å². The summed E-state index contributed by atoms with van der Waals surface area (Å²) in [6.07, 6.45) is -2.40. The fraction of sp³-hybridized carbons (Fsp3) is 0.250. The highest BCUT2D eigenvalue weighted by Crippen LogP contribution is 2.36. The van der Waals surface area contributed by atoms with E-state index in [1.807, 2.05) is 0 Å². The van der Waals surface area contributed by atoms with Crippen LogP contribution in [0.25, 0.3) is 0 Å². The van der Waals surface area contributed by atoms with Gasteiger partial charge in [-0.2, -0.15) is 0 Å². The summed E-state index contributed by atoms with van der Waals surface area (Å²) in [7, 11) is 0. The van der Waals surface area contributed by atoms with Crippen molar-refractivity contribution in [2.75, 3.05) is 0 Å². The first-order valence-corrected chi connectivity index (χ1v) is 5.30. The minimum absolute atomic E-state index is 0.612. The Morgan fingerprint density at radius 1 is 1.28 bits per heavy atom. The Kier molecular flexibility index (Phi) is 3.01. The maximum absolute atomic E-state index is 11.6. The largest absolute Gasteiger partial charge is 0.465 e. The standard InChI is InChI=1S/C12H11NO5/c1-7(14)18-10-9(8-5-3-2-4-6-8)13(11(10)15)12(16)17/h2-6,9-10H,1H3,(H,16,17)/t9-,10+/m0/s1. The number of carbonyl (C=O) groups excluding carboxylic acids is 2. The zero-order valence-corrected chi connectivity index (χ0v) is 9.57. The summed E-state index contributed by atoms with van der Waals surface area (Å²) in [6, 6.07) is 7.83. The maximum atomic E-state index is 11.6. The van der Waals surface area contributed by atoms with Crippen molar-refractivity contribution in [1.82, 2.24) is 4.90 Å². The van der Waals surface area contributed by atoms with Crippen LogP contribution in [0, 0.1) is 0 Å². The molecule has 1 N–H and O–H groups in total. The van der Waals surface area contributed by atoms with Gasteiger partial charge in [0.2, 0.25) is 6.10 Å². The average molecular weight is 249 g/mol. The van der Waals surface area contributed by atoms with E-state index in [1.165, 1.54) is 6.92 Å². The van der Waals surface area contributed by atoms with E-state index in [9.17, 15) is 14.4 Å². The number of imide groups is 1. The summed E-state index contributed by atoms with van der Waals surface area (Å²) >= 11 is 0. The fourth-order valence-electron chi connectivity index (χ4n) is 1.94. The molecule has 94 valence electrons. The Bertz CT molecular complexity index is 498. The molecule has 1 aliphatic heterocycles. The van der Waals surface area contributed by atoms with Gasteiger partial charge in [-0.05, 0) is 5.56 Å². The fourth-order valence-corrected chi connectivity index (χ4v) is 1.94. The highest BCUT2D eigenvalue weighted by atomic mass is 16.6. The minimum Gasteiger partial charge on any atom is -0.465 e. The van der Waals surface area contributed by atoms with E-state index in [4.69, 9.17) is 9.84 Å². The van der Waals surface area contributed by atoms with Crippen molar-refractivity contribution >= 4 is 18.0 Å². The number of amides is 2. The second-order valence-corrected chi connectivity index (χ2v) is 3.88. The molecule has 2 amide bonds. The smallest absolute Gasteiger partial charge is 0.414 e. The van der Waals surface area contributed by atoms with Gasteiger partial charge in [0, 0.05) is 6.92 Å². The number of carbonyl (C=O) groups is 3. The van der Waals surface area contributed by atoms with Crippen molar-refractivity contribution < 1.29 is 24.2 Å². The number of hydrogen-bond acceptors (Lipinski definition) is 4. The second-order valence-electron chi connectivity index (χ2n) is 3.88. The Labute approximate surface area is 103 Å². The zero-order chi connectivity index (χ0) is 13.3. The number of likely N-dealkylation sites (tertiary alicyclic amines) is 1. The predicted molar refractivity (Wildman–Crippen MR) is 59.6 cm³/mol. The van der Waals surface area contributed by atoms with Gasteiger partial charge in [0.25, 0.3) is 5.91 Å². The molecule has 0 unspecified atom stereocenters. The molecule has 0 saturated carbocycles. The van der Waals surface area contributed by atoms with Gasteiger partial charge >= 0.3 is 12.1 Å². The van der Waals surface area contributed by atoms with Crippen molar-refractivity contribution in [3.05, 3.63) is 35.9 Å². The SMILES string of the molecule is CC(=O)O[C@H]1C(=O)N(C(=O)O)[C@H]1c1ccccc1. The number of carboxylic acid groups (broad SMARTS) is 1. The summed E-state index contributed by atoms with van der Waals surface area (Å²) in [5.74, 6) is -1.33. The van der Waals surface area contributed by atoms with Crippen molar-refractivity contribution in [2.45, 2.75) is 19.1 Å². The number of rotatable bonds is 2. The van der Waals surface area contributed by atoms with Crippen LogP contribution < -0.4 is 0 Å². The normalized spacial score (nSPS) is 22.3. The van der Waals surface area contributed by atoms with Crippen LogP contribution in [0.2, 0.25) is 0 Å². The molecule has 1 fully saturated rings. The molecular weight excluding hydrogens is 238 g/mol. The third-order valence-electron chi connectivity index (χ3n) is 2.69. The lowest BCUT2D eigenvalue weighted by Gasteiger charge is -2.42. The summed E-state index contributed by atoms with van der Waals surface area (Å²) in [6.45, 7) is 1.18. The Balaban J connectivity index is 2.30. The number of nitrogens with zero attached hydrogens (tertiary/aromatic N) is 1. The van der Waals surface area contributed by atoms with Crippen molar-refractivity contribution in [1.29, 1.82) is 0 Å². The lowest BCUT2D eigenvalue weighted by Crippen LogP contribution is -2.62. The molecule has 1 aliphatic rings. The number of β-lactam (4-membered cyclic amide) rings is 1. The van der Waals surface area contributed by atoms with Crippen molar-refractivity contribution in [3.63, 3.8) is 0 Å². The van der Waals surface area contributed by atoms with Gasteiger partial charge in [-0.3, -0.25) is 9.59 Å². The summed E-state index contributed by atoms with van der Waals surface area (Å²) in [4.78, 5) is 34.1. The summed E-state index contributed by atoms with van der Waals surface area (Å²) in [5.41, 5.74) is 0.616. The molecule has 6 nitrogen and oxygen atoms in total. The van der Waals surface area contributed by atoms with E-state index in [0.717, 1.165) is 0 Å².